The van der Waals surface area contributed by atoms with Crippen LogP contribution in [0.4, 0.5) is 0 Å². The van der Waals surface area contributed by atoms with Gasteiger partial charge in [0, 0.05) is 0 Å². The Morgan fingerprint density at radius 2 is 0.826 bits per heavy atom. The van der Waals surface area contributed by atoms with Gasteiger partial charge in [0.2, 0.25) is 0 Å². The number of hydrogen-bond acceptors (Lipinski definition) is 8. The Morgan fingerprint density at radius 3 is 1.00 bits per heavy atom. The molecular weight excluding hydrogens is 445 g/mol. The Balaban J connectivity index is 4.80. The third-order valence-corrected chi connectivity index (χ3v) is 22.2. The van der Waals surface area contributed by atoms with Gasteiger partial charge in [-0.15, -0.1) is 0 Å². The van der Waals surface area contributed by atoms with Gasteiger partial charge in [0.05, 0.1) is 0 Å². The molecule has 0 atom stereocenters. The van der Waals surface area contributed by atoms with E-state index in [-0.39, 0.29) is 24.4 Å². The van der Waals surface area contributed by atoms with Crippen LogP contribution < -0.4 is 0 Å². The van der Waals surface area contributed by atoms with Gasteiger partial charge in [-0.05, 0) is 0 Å². The fourth-order valence-corrected chi connectivity index (χ4v) is 24.8. The summed E-state index contributed by atoms with van der Waals surface area (Å²) >= 11 is -0.404. The molecule has 0 unspecified atom stereocenters. The molecule has 0 amide bonds. The second-order valence-electron chi connectivity index (χ2n) is 5.73. The van der Waals surface area contributed by atoms with Gasteiger partial charge in [-0.25, -0.2) is 0 Å². The Labute approximate surface area is 152 Å². The van der Waals surface area contributed by atoms with Crippen molar-refractivity contribution in [2.75, 3.05) is 0 Å². The van der Waals surface area contributed by atoms with Gasteiger partial charge < -0.3 is 0 Å². The van der Waals surface area contributed by atoms with Crippen LogP contribution in [-0.4, -0.2) is 37.1 Å². The van der Waals surface area contributed by atoms with E-state index in [9.17, 15) is 9.13 Å². The van der Waals surface area contributed by atoms with Gasteiger partial charge in [0.1, 0.15) is 0 Å². The summed E-state index contributed by atoms with van der Waals surface area (Å²) in [4.78, 5) is 0. The van der Waals surface area contributed by atoms with E-state index in [1.807, 2.05) is 0 Å². The van der Waals surface area contributed by atoms with Crippen molar-refractivity contribution in [2.45, 2.75) is 79.8 Å². The van der Waals surface area contributed by atoms with Crippen molar-refractivity contribution < 1.29 is 27.2 Å². The molecule has 6 nitrogen and oxygen atoms in total. The maximum atomic E-state index is 12.7. The summed E-state index contributed by atoms with van der Waals surface area (Å²) in [6.07, 6.45) is -0.894. The molecule has 0 rings (SSSR count). The summed E-state index contributed by atoms with van der Waals surface area (Å²) in [6.45, 7) is 7.79. The van der Waals surface area contributed by atoms with Gasteiger partial charge in [0.15, 0.2) is 0 Å². The third kappa shape index (κ3) is 12.5. The quantitative estimate of drug-likeness (QED) is 0.256. The molecule has 0 spiro atoms. The molecule has 11 heteroatoms. The minimum absolute atomic E-state index is 0.224. The van der Waals surface area contributed by atoms with Crippen LogP contribution in [0.2, 0.25) is 0 Å². The average Bonchev–Trinajstić information content (AvgIpc) is 2.22. The Bertz CT molecular complexity index is 368. The summed E-state index contributed by atoms with van der Waals surface area (Å²) in [7, 11) is 2.13. The van der Waals surface area contributed by atoms with Gasteiger partial charge in [-0.3, -0.25) is 0 Å². The molecule has 0 N–H and O–H groups in total. The predicted octanol–water partition coefficient (Wildman–Crippen LogP) is 5.90. The molecule has 0 bridgehead atoms. The monoisotopic (exact) mass is 474 g/mol. The van der Waals surface area contributed by atoms with Crippen LogP contribution in [0.1, 0.15) is 55.4 Å². The molecule has 0 saturated carbocycles. The van der Waals surface area contributed by atoms with Gasteiger partial charge in [0.25, 0.3) is 0 Å². The Morgan fingerprint density at radius 1 is 0.609 bits per heavy atom. The van der Waals surface area contributed by atoms with Crippen molar-refractivity contribution in [3.05, 3.63) is 0 Å². The zero-order valence-electron chi connectivity index (χ0n) is 14.9. The molecule has 0 aromatic heterocycles. The molecule has 0 aliphatic heterocycles. The molecular formula is C12H28O6P2S2Se. The van der Waals surface area contributed by atoms with Crippen LogP contribution in [0.25, 0.3) is 0 Å². The number of hydrogen-bond donors (Lipinski definition) is 0. The molecule has 0 fully saturated rings. The van der Waals surface area contributed by atoms with E-state index < -0.39 is 26.3 Å². The van der Waals surface area contributed by atoms with Gasteiger partial charge >= 0.3 is 153 Å². The van der Waals surface area contributed by atoms with Gasteiger partial charge in [-0.2, -0.15) is 0 Å². The molecule has 0 aromatic rings. The van der Waals surface area contributed by atoms with Crippen LogP contribution in [0.5, 0.6) is 0 Å². The first-order valence-electron chi connectivity index (χ1n) is 7.36. The van der Waals surface area contributed by atoms with E-state index >= 15 is 0 Å². The van der Waals surface area contributed by atoms with E-state index in [0.29, 0.717) is 0 Å². The Kier molecular flexibility index (Phi) is 12.0. The average molecular weight is 473 g/mol. The van der Waals surface area contributed by atoms with E-state index in [1.54, 1.807) is 55.4 Å². The summed E-state index contributed by atoms with van der Waals surface area (Å²) < 4.78 is 47.2. The van der Waals surface area contributed by atoms with Crippen LogP contribution >= 0.6 is 33.2 Å². The molecule has 23 heavy (non-hydrogen) atoms. The molecule has 0 aromatic carbocycles. The molecule has 0 aliphatic carbocycles. The van der Waals surface area contributed by atoms with Crippen molar-refractivity contribution in [1.29, 1.82) is 0 Å². The fraction of sp³-hybridized carbons (Fsp3) is 1.00. The molecule has 0 saturated heterocycles. The summed E-state index contributed by atoms with van der Waals surface area (Å²) in [5, 5.41) is 0. The first-order chi connectivity index (χ1) is 10.4. The minimum atomic E-state index is -3.29. The van der Waals surface area contributed by atoms with Crippen molar-refractivity contribution >= 4 is 45.9 Å². The predicted molar refractivity (Wildman–Crippen MR) is 101 cm³/mol. The number of rotatable bonds is 12. The van der Waals surface area contributed by atoms with Crippen molar-refractivity contribution in [2.24, 2.45) is 0 Å². The summed E-state index contributed by atoms with van der Waals surface area (Å²) in [6, 6.07) is 0. The molecule has 0 heterocycles. The Hall–Kier alpha value is 1.52. The van der Waals surface area contributed by atoms with Crippen LogP contribution in [-0.2, 0) is 27.2 Å². The molecule has 0 aliphatic rings. The van der Waals surface area contributed by atoms with E-state index in [0.717, 1.165) is 19.6 Å². The van der Waals surface area contributed by atoms with Crippen LogP contribution in [0, 0.1) is 0 Å². The zero-order chi connectivity index (χ0) is 18.3. The second-order valence-corrected chi connectivity index (χ2v) is 21.0. The van der Waals surface area contributed by atoms with Crippen LogP contribution in [0.15, 0.2) is 0 Å². The summed E-state index contributed by atoms with van der Waals surface area (Å²) in [5.41, 5.74) is 0. The normalized spacial score (nSPS) is 13.7. The standard InChI is InChI=1S/C12H28O6P2S2Se/c1-9(2)15-19(13,16-10(3)4)21-23-22-20(14,17-11(5)6)18-12(7)8/h9-12H,1-8H3. The van der Waals surface area contributed by atoms with E-state index in [1.165, 1.54) is 0 Å². The topological polar surface area (TPSA) is 71.1 Å². The maximum absolute atomic E-state index is 12.7. The zero-order valence-corrected chi connectivity index (χ0v) is 20.0. The summed E-state index contributed by atoms with van der Waals surface area (Å²) in [5.74, 6) is 0. The first kappa shape index (κ1) is 24.5. The van der Waals surface area contributed by atoms with E-state index in [4.69, 9.17) is 18.1 Å². The van der Waals surface area contributed by atoms with Crippen molar-refractivity contribution in [1.82, 2.24) is 0 Å². The SMILES string of the molecule is CC(C)OP(=O)(OC(C)C)S[Se]SP(=O)(OC(C)C)OC(C)C. The first-order valence-corrected chi connectivity index (χ1v) is 17.3. The fourth-order valence-electron chi connectivity index (χ4n) is 1.24. The van der Waals surface area contributed by atoms with Crippen molar-refractivity contribution in [3.8, 4) is 0 Å². The van der Waals surface area contributed by atoms with E-state index in [2.05, 4.69) is 0 Å². The van der Waals surface area contributed by atoms with Crippen LogP contribution in [0.3, 0.4) is 0 Å². The second kappa shape index (κ2) is 11.3. The van der Waals surface area contributed by atoms with Gasteiger partial charge in [-0.1, -0.05) is 0 Å². The molecule has 0 radical (unpaired) electrons. The third-order valence-electron chi connectivity index (χ3n) is 1.60. The van der Waals surface area contributed by atoms with Crippen molar-refractivity contribution in [3.63, 3.8) is 0 Å². The molecule has 140 valence electrons.